The minimum atomic E-state index is -3.63. The highest BCUT2D eigenvalue weighted by Gasteiger charge is 2.33. The lowest BCUT2D eigenvalue weighted by molar-refractivity contribution is -0.385. The minimum Gasteiger partial charge on any atom is -0.258 e. The van der Waals surface area contributed by atoms with Crippen molar-refractivity contribution in [2.45, 2.75) is 25.2 Å². The molecule has 104 valence electrons. The summed E-state index contributed by atoms with van der Waals surface area (Å²) in [6.07, 6.45) is 0.827. The lowest BCUT2D eigenvalue weighted by Crippen LogP contribution is -2.29. The van der Waals surface area contributed by atoms with Crippen LogP contribution in [0.1, 0.15) is 18.9 Å². The summed E-state index contributed by atoms with van der Waals surface area (Å²) < 4.78 is 26.4. The van der Waals surface area contributed by atoms with Crippen LogP contribution < -0.4 is 0 Å². The van der Waals surface area contributed by atoms with E-state index in [1.165, 1.54) is 29.4 Å². The molecule has 2 rings (SSSR count). The maximum atomic E-state index is 12.5. The van der Waals surface area contributed by atoms with Gasteiger partial charge in [-0.1, -0.05) is 13.0 Å². The van der Waals surface area contributed by atoms with Gasteiger partial charge < -0.3 is 0 Å². The molecule has 19 heavy (non-hydrogen) atoms. The van der Waals surface area contributed by atoms with Crippen LogP contribution in [-0.4, -0.2) is 30.7 Å². The fraction of sp³-hybridized carbons (Fsp3) is 0.500. The second-order valence-corrected chi connectivity index (χ2v) is 6.82. The molecule has 1 saturated heterocycles. The molecule has 1 fully saturated rings. The highest BCUT2D eigenvalue weighted by molar-refractivity contribution is 7.89. The van der Waals surface area contributed by atoms with Crippen LogP contribution in [0.5, 0.6) is 0 Å². The smallest absolute Gasteiger partial charge is 0.258 e. The maximum Gasteiger partial charge on any atom is 0.273 e. The predicted molar refractivity (Wildman–Crippen MR) is 70.4 cm³/mol. The highest BCUT2D eigenvalue weighted by Crippen LogP contribution is 2.29. The second-order valence-electron chi connectivity index (χ2n) is 4.91. The Balaban J connectivity index is 2.47. The van der Waals surface area contributed by atoms with Crippen molar-refractivity contribution in [3.8, 4) is 0 Å². The molecule has 0 aromatic heterocycles. The van der Waals surface area contributed by atoms with E-state index in [1.807, 2.05) is 6.92 Å². The third-order valence-corrected chi connectivity index (χ3v) is 5.47. The number of nitro benzene ring substituents is 1. The van der Waals surface area contributed by atoms with Gasteiger partial charge in [0.1, 0.15) is 0 Å². The van der Waals surface area contributed by atoms with Gasteiger partial charge in [-0.25, -0.2) is 8.42 Å². The van der Waals surface area contributed by atoms with Crippen molar-refractivity contribution in [3.63, 3.8) is 0 Å². The topological polar surface area (TPSA) is 80.5 Å². The first-order chi connectivity index (χ1) is 8.84. The summed E-state index contributed by atoms with van der Waals surface area (Å²) in [7, 11) is -3.63. The van der Waals surface area contributed by atoms with Gasteiger partial charge in [-0.15, -0.1) is 0 Å². The van der Waals surface area contributed by atoms with E-state index in [1.54, 1.807) is 0 Å². The molecule has 1 unspecified atom stereocenters. The van der Waals surface area contributed by atoms with Gasteiger partial charge in [0, 0.05) is 24.7 Å². The molecule has 7 heteroatoms. The number of hydrogen-bond donors (Lipinski definition) is 0. The number of sulfonamides is 1. The number of hydrogen-bond acceptors (Lipinski definition) is 4. The molecule has 0 amide bonds. The average molecular weight is 284 g/mol. The Labute approximate surface area is 112 Å². The Morgan fingerprint density at radius 3 is 2.63 bits per heavy atom. The third-order valence-electron chi connectivity index (χ3n) is 3.46. The van der Waals surface area contributed by atoms with Gasteiger partial charge >= 0.3 is 0 Å². The first-order valence-corrected chi connectivity index (χ1v) is 7.52. The molecule has 1 atom stereocenters. The molecule has 1 aromatic rings. The predicted octanol–water partition coefficient (Wildman–Crippen LogP) is 1.93. The molecule has 0 aliphatic carbocycles. The molecular formula is C12H16N2O4S. The summed E-state index contributed by atoms with van der Waals surface area (Å²) >= 11 is 0. The molecule has 1 heterocycles. The van der Waals surface area contributed by atoms with E-state index < -0.39 is 14.9 Å². The van der Waals surface area contributed by atoms with Gasteiger partial charge in [-0.2, -0.15) is 4.31 Å². The van der Waals surface area contributed by atoms with E-state index in [4.69, 9.17) is 0 Å². The normalized spacial score (nSPS) is 20.6. The van der Waals surface area contributed by atoms with Crippen LogP contribution >= 0.6 is 0 Å². The van der Waals surface area contributed by atoms with E-state index in [0.29, 0.717) is 19.0 Å². The molecular weight excluding hydrogens is 268 g/mol. The number of nitrogens with zero attached hydrogens (tertiary/aromatic N) is 2. The largest absolute Gasteiger partial charge is 0.273 e. The van der Waals surface area contributed by atoms with Crippen molar-refractivity contribution in [2.75, 3.05) is 13.1 Å². The SMILES string of the molecule is Cc1c([N+](=O)[O-])cccc1S(=O)(=O)N1CCC(C)C1. The lowest BCUT2D eigenvalue weighted by atomic mass is 10.2. The van der Waals surface area contributed by atoms with Crippen LogP contribution in [0.4, 0.5) is 5.69 Å². The van der Waals surface area contributed by atoms with Crippen LogP contribution in [0, 0.1) is 23.0 Å². The van der Waals surface area contributed by atoms with Crippen molar-refractivity contribution < 1.29 is 13.3 Å². The van der Waals surface area contributed by atoms with Crippen LogP contribution in [0.15, 0.2) is 23.1 Å². The summed E-state index contributed by atoms with van der Waals surface area (Å²) in [4.78, 5) is 10.4. The highest BCUT2D eigenvalue weighted by atomic mass is 32.2. The monoisotopic (exact) mass is 284 g/mol. The minimum absolute atomic E-state index is 0.0378. The molecule has 1 aromatic carbocycles. The fourth-order valence-electron chi connectivity index (χ4n) is 2.33. The van der Waals surface area contributed by atoms with Crippen LogP contribution in [0.25, 0.3) is 0 Å². The van der Waals surface area contributed by atoms with Crippen molar-refractivity contribution >= 4 is 15.7 Å². The van der Waals surface area contributed by atoms with Crippen molar-refractivity contribution in [3.05, 3.63) is 33.9 Å². The van der Waals surface area contributed by atoms with E-state index in [-0.39, 0.29) is 16.1 Å². The molecule has 1 aliphatic heterocycles. The summed E-state index contributed by atoms with van der Waals surface area (Å²) in [6.45, 7) is 4.43. The first kappa shape index (κ1) is 14.0. The molecule has 0 bridgehead atoms. The van der Waals surface area contributed by atoms with Gasteiger partial charge in [-0.3, -0.25) is 10.1 Å². The zero-order chi connectivity index (χ0) is 14.2. The maximum absolute atomic E-state index is 12.5. The molecule has 0 saturated carbocycles. The fourth-order valence-corrected chi connectivity index (χ4v) is 4.15. The Morgan fingerprint density at radius 2 is 2.11 bits per heavy atom. The van der Waals surface area contributed by atoms with Crippen molar-refractivity contribution in [1.29, 1.82) is 0 Å². The Bertz CT molecular complexity index is 612. The standard InChI is InChI=1S/C12H16N2O4S/c1-9-6-7-13(8-9)19(17,18)12-5-3-4-11(10(12)2)14(15)16/h3-5,9H,6-8H2,1-2H3. The third kappa shape index (κ3) is 2.48. The summed E-state index contributed by atoms with van der Waals surface area (Å²) in [5.41, 5.74) is 0.0420. The van der Waals surface area contributed by atoms with Crippen molar-refractivity contribution in [1.82, 2.24) is 4.31 Å². The summed E-state index contributed by atoms with van der Waals surface area (Å²) in [5.74, 6) is 0.328. The average Bonchev–Trinajstić information content (AvgIpc) is 2.76. The molecule has 0 N–H and O–H groups in total. The van der Waals surface area contributed by atoms with Gasteiger partial charge in [0.25, 0.3) is 5.69 Å². The zero-order valence-corrected chi connectivity index (χ0v) is 11.7. The van der Waals surface area contributed by atoms with Gasteiger partial charge in [0.15, 0.2) is 0 Å². The Hall–Kier alpha value is -1.47. The van der Waals surface area contributed by atoms with Gasteiger partial charge in [0.2, 0.25) is 10.0 Å². The van der Waals surface area contributed by atoms with Crippen LogP contribution in [0.2, 0.25) is 0 Å². The second kappa shape index (κ2) is 4.90. The van der Waals surface area contributed by atoms with E-state index >= 15 is 0 Å². The van der Waals surface area contributed by atoms with Gasteiger partial charge in [0.05, 0.1) is 9.82 Å². The quantitative estimate of drug-likeness (QED) is 0.627. The van der Waals surface area contributed by atoms with Gasteiger partial charge in [-0.05, 0) is 25.3 Å². The van der Waals surface area contributed by atoms with Crippen LogP contribution in [-0.2, 0) is 10.0 Å². The van der Waals surface area contributed by atoms with Crippen LogP contribution in [0.3, 0.4) is 0 Å². The zero-order valence-electron chi connectivity index (χ0n) is 10.9. The molecule has 1 aliphatic rings. The number of rotatable bonds is 3. The molecule has 0 radical (unpaired) electrons. The summed E-state index contributed by atoms with van der Waals surface area (Å²) in [6, 6.07) is 4.17. The lowest BCUT2D eigenvalue weighted by Gasteiger charge is -2.17. The van der Waals surface area contributed by atoms with Crippen molar-refractivity contribution in [2.24, 2.45) is 5.92 Å². The molecule has 6 nitrogen and oxygen atoms in total. The first-order valence-electron chi connectivity index (χ1n) is 6.08. The number of nitro groups is 1. The van der Waals surface area contributed by atoms with E-state index in [0.717, 1.165) is 6.42 Å². The summed E-state index contributed by atoms with van der Waals surface area (Å²) in [5, 5.41) is 10.9. The van der Waals surface area contributed by atoms with E-state index in [2.05, 4.69) is 0 Å². The van der Waals surface area contributed by atoms with E-state index in [9.17, 15) is 18.5 Å². The Kier molecular flexibility index (Phi) is 3.60. The Morgan fingerprint density at radius 1 is 1.42 bits per heavy atom. The molecule has 0 spiro atoms. The number of benzene rings is 1.